The van der Waals surface area contributed by atoms with Gasteiger partial charge in [-0.05, 0) is 45.1 Å². The van der Waals surface area contributed by atoms with Gasteiger partial charge in [-0.25, -0.2) is 4.79 Å². The summed E-state index contributed by atoms with van der Waals surface area (Å²) >= 11 is 0. The minimum absolute atomic E-state index is 0.0536. The van der Waals surface area contributed by atoms with Crippen molar-refractivity contribution in [1.82, 2.24) is 20.0 Å². The Morgan fingerprint density at radius 2 is 1.83 bits per heavy atom. The predicted octanol–water partition coefficient (Wildman–Crippen LogP) is 2.01. The summed E-state index contributed by atoms with van der Waals surface area (Å²) in [5.74, 6) is -0.0452. The van der Waals surface area contributed by atoms with Crippen LogP contribution in [0.15, 0.2) is 30.3 Å². The topological polar surface area (TPSA) is 73.0 Å². The molecule has 30 heavy (non-hydrogen) atoms. The van der Waals surface area contributed by atoms with Crippen molar-refractivity contribution < 1.29 is 14.4 Å². The first kappa shape index (κ1) is 20.8. The van der Waals surface area contributed by atoms with Gasteiger partial charge >= 0.3 is 6.03 Å². The second kappa shape index (κ2) is 8.38. The maximum atomic E-state index is 13.4. The van der Waals surface area contributed by atoms with E-state index in [-0.39, 0.29) is 23.9 Å². The molecule has 3 aliphatic heterocycles. The van der Waals surface area contributed by atoms with Crippen LogP contribution in [0.2, 0.25) is 0 Å². The van der Waals surface area contributed by atoms with Crippen molar-refractivity contribution in [1.29, 1.82) is 0 Å². The van der Waals surface area contributed by atoms with Gasteiger partial charge in [-0.3, -0.25) is 14.5 Å². The van der Waals surface area contributed by atoms with E-state index in [1.807, 2.05) is 35.2 Å². The smallest absolute Gasteiger partial charge is 0.325 e. The van der Waals surface area contributed by atoms with Gasteiger partial charge in [0.25, 0.3) is 5.91 Å². The van der Waals surface area contributed by atoms with Crippen LogP contribution < -0.4 is 5.32 Å². The van der Waals surface area contributed by atoms with Gasteiger partial charge in [0.05, 0.1) is 12.5 Å². The molecule has 0 saturated carbocycles. The Hall–Kier alpha value is -2.41. The zero-order valence-electron chi connectivity index (χ0n) is 18.0. The minimum atomic E-state index is -0.765. The Morgan fingerprint density at radius 3 is 2.50 bits per heavy atom. The normalized spacial score (nSPS) is 24.6. The molecular formula is C23H32N4O3. The summed E-state index contributed by atoms with van der Waals surface area (Å²) in [5, 5.41) is 3.02. The van der Waals surface area contributed by atoms with Gasteiger partial charge in [0.1, 0.15) is 5.54 Å². The highest BCUT2D eigenvalue weighted by atomic mass is 16.2. The van der Waals surface area contributed by atoms with Gasteiger partial charge in [-0.1, -0.05) is 30.3 Å². The monoisotopic (exact) mass is 412 g/mol. The summed E-state index contributed by atoms with van der Waals surface area (Å²) in [7, 11) is 0. The van der Waals surface area contributed by atoms with E-state index in [1.54, 1.807) is 0 Å². The van der Waals surface area contributed by atoms with E-state index in [4.69, 9.17) is 0 Å². The van der Waals surface area contributed by atoms with Gasteiger partial charge < -0.3 is 15.1 Å². The summed E-state index contributed by atoms with van der Waals surface area (Å²) in [5.41, 5.74) is 0.217. The maximum absolute atomic E-state index is 13.4. The molecular weight excluding hydrogens is 380 g/mol. The van der Waals surface area contributed by atoms with Gasteiger partial charge in [-0.2, -0.15) is 0 Å². The third kappa shape index (κ3) is 3.95. The fourth-order valence-electron chi connectivity index (χ4n) is 5.01. The highest BCUT2D eigenvalue weighted by molar-refractivity contribution is 6.07. The van der Waals surface area contributed by atoms with Crippen molar-refractivity contribution in [2.45, 2.75) is 63.6 Å². The number of imide groups is 1. The van der Waals surface area contributed by atoms with Crippen molar-refractivity contribution in [3.63, 3.8) is 0 Å². The number of nitrogens with zero attached hydrogens (tertiary/aromatic N) is 3. The quantitative estimate of drug-likeness (QED) is 0.768. The van der Waals surface area contributed by atoms with Crippen molar-refractivity contribution in [2.24, 2.45) is 0 Å². The van der Waals surface area contributed by atoms with Crippen LogP contribution in [0.5, 0.6) is 0 Å². The largest absolute Gasteiger partial charge is 0.340 e. The van der Waals surface area contributed by atoms with Crippen LogP contribution in [0.3, 0.4) is 0 Å². The Bertz CT molecular complexity index is 802. The van der Waals surface area contributed by atoms with Crippen LogP contribution in [0.25, 0.3) is 0 Å². The number of nitrogens with one attached hydrogen (secondary N) is 1. The van der Waals surface area contributed by atoms with Crippen LogP contribution in [0.1, 0.15) is 45.1 Å². The molecule has 4 amide bonds. The van der Waals surface area contributed by atoms with Crippen molar-refractivity contribution in [3.8, 4) is 0 Å². The van der Waals surface area contributed by atoms with Crippen LogP contribution in [-0.2, 0) is 16.0 Å². The molecule has 1 aromatic carbocycles. The maximum Gasteiger partial charge on any atom is 0.325 e. The second-order valence-corrected chi connectivity index (χ2v) is 9.12. The summed E-state index contributed by atoms with van der Waals surface area (Å²) in [6.07, 6.45) is 3.20. The van der Waals surface area contributed by atoms with Crippen LogP contribution >= 0.6 is 0 Å². The molecule has 1 N–H and O–H groups in total. The van der Waals surface area contributed by atoms with Gasteiger partial charge in [0.15, 0.2) is 0 Å². The lowest BCUT2D eigenvalue weighted by Gasteiger charge is -2.40. The molecule has 0 aromatic heterocycles. The van der Waals surface area contributed by atoms with E-state index in [9.17, 15) is 14.4 Å². The van der Waals surface area contributed by atoms with Gasteiger partial charge in [0, 0.05) is 32.2 Å². The molecule has 4 rings (SSSR count). The second-order valence-electron chi connectivity index (χ2n) is 9.12. The van der Waals surface area contributed by atoms with Crippen molar-refractivity contribution in [3.05, 3.63) is 35.9 Å². The Kier molecular flexibility index (Phi) is 5.82. The molecule has 1 spiro atoms. The summed E-state index contributed by atoms with van der Waals surface area (Å²) in [6, 6.07) is 9.59. The first-order chi connectivity index (χ1) is 14.4. The highest BCUT2D eigenvalue weighted by Crippen LogP contribution is 2.33. The van der Waals surface area contributed by atoms with Gasteiger partial charge in [-0.15, -0.1) is 0 Å². The number of piperidine rings is 2. The van der Waals surface area contributed by atoms with Crippen molar-refractivity contribution >= 4 is 17.8 Å². The number of rotatable bonds is 4. The Balaban J connectivity index is 1.41. The molecule has 0 bridgehead atoms. The Morgan fingerprint density at radius 1 is 1.13 bits per heavy atom. The zero-order valence-corrected chi connectivity index (χ0v) is 18.0. The molecule has 0 radical (unpaired) electrons. The molecule has 1 atom stereocenters. The fourth-order valence-corrected chi connectivity index (χ4v) is 5.01. The summed E-state index contributed by atoms with van der Waals surface area (Å²) in [4.78, 5) is 44.6. The third-order valence-corrected chi connectivity index (χ3v) is 6.89. The summed E-state index contributed by atoms with van der Waals surface area (Å²) in [6.45, 7) is 7.04. The molecule has 7 nitrogen and oxygen atoms in total. The minimum Gasteiger partial charge on any atom is -0.340 e. The molecule has 3 saturated heterocycles. The van der Waals surface area contributed by atoms with E-state index in [1.165, 1.54) is 4.90 Å². The number of carbonyl (C=O) groups excluding carboxylic acids is 3. The molecule has 7 heteroatoms. The number of urea groups is 1. The summed E-state index contributed by atoms with van der Waals surface area (Å²) < 4.78 is 0. The molecule has 3 fully saturated rings. The number of likely N-dealkylation sites (tertiary alicyclic amines) is 2. The first-order valence-corrected chi connectivity index (χ1v) is 11.1. The lowest BCUT2D eigenvalue weighted by atomic mass is 9.86. The standard InChI is InChI=1S/C23H32N4O3/c1-17(2)25-13-10-23(11-14-25)21(29)27(22(30)24-23)19-9-6-12-26(16-19)20(28)15-18-7-4-3-5-8-18/h3-5,7-8,17,19H,6,9-16H2,1-2H3,(H,24,30). The van der Waals surface area contributed by atoms with E-state index >= 15 is 0 Å². The first-order valence-electron chi connectivity index (χ1n) is 11.1. The van der Waals surface area contributed by atoms with Crippen LogP contribution in [0, 0.1) is 0 Å². The SMILES string of the molecule is CC(C)N1CCC2(CC1)NC(=O)N(C1CCCN(C(=O)Cc3ccccc3)C1)C2=O. The number of amides is 4. The van der Waals surface area contributed by atoms with Crippen molar-refractivity contribution in [2.75, 3.05) is 26.2 Å². The van der Waals surface area contributed by atoms with E-state index < -0.39 is 5.54 Å². The van der Waals surface area contributed by atoms with E-state index in [0.29, 0.717) is 38.4 Å². The van der Waals surface area contributed by atoms with E-state index in [2.05, 4.69) is 24.1 Å². The average molecular weight is 413 g/mol. The third-order valence-electron chi connectivity index (χ3n) is 6.89. The number of hydrogen-bond acceptors (Lipinski definition) is 4. The fraction of sp³-hybridized carbons (Fsp3) is 0.609. The zero-order chi connectivity index (χ0) is 21.3. The predicted molar refractivity (Wildman–Crippen MR) is 114 cm³/mol. The number of hydrogen-bond donors (Lipinski definition) is 1. The van der Waals surface area contributed by atoms with Crippen LogP contribution in [0.4, 0.5) is 4.79 Å². The van der Waals surface area contributed by atoms with Gasteiger partial charge in [0.2, 0.25) is 5.91 Å². The molecule has 3 heterocycles. The number of carbonyl (C=O) groups is 3. The molecule has 1 aromatic rings. The van der Waals surface area contributed by atoms with E-state index in [0.717, 1.165) is 31.5 Å². The number of benzene rings is 1. The molecule has 3 aliphatic rings. The molecule has 162 valence electrons. The van der Waals surface area contributed by atoms with Crippen LogP contribution in [-0.4, -0.2) is 76.3 Å². The lowest BCUT2D eigenvalue weighted by Crippen LogP contribution is -2.57. The highest BCUT2D eigenvalue weighted by Gasteiger charge is 2.54. The molecule has 1 unspecified atom stereocenters. The average Bonchev–Trinajstić information content (AvgIpc) is 2.98. The molecule has 0 aliphatic carbocycles. The lowest BCUT2D eigenvalue weighted by molar-refractivity contribution is -0.139. The Labute approximate surface area is 178 Å².